The number of hydrogen-bond donors (Lipinski definition) is 2. The number of carbonyl (C=O) groups is 2. The van der Waals surface area contributed by atoms with Crippen molar-refractivity contribution >= 4 is 39.2 Å². The average Bonchev–Trinajstić information content (AvgIpc) is 2.92. The number of nitrogens with zero attached hydrogens (tertiary/aromatic N) is 1. The van der Waals surface area contributed by atoms with Crippen molar-refractivity contribution in [3.8, 4) is 0 Å². The molecule has 0 amide bonds. The molecule has 11 nitrogen and oxygen atoms in total. The molecule has 3 N–H and O–H groups in total. The summed E-state index contributed by atoms with van der Waals surface area (Å²) in [5, 5.41) is 14.5. The lowest BCUT2D eigenvalue weighted by Crippen LogP contribution is -2.53. The number of methoxy groups -OCH3 is 1. The van der Waals surface area contributed by atoms with Crippen LogP contribution in [-0.4, -0.2) is 49.0 Å². The molecule has 3 rings (SSSR count). The van der Waals surface area contributed by atoms with Crippen LogP contribution in [0.5, 0.6) is 0 Å². The Hall–Kier alpha value is -3.68. The molecule has 208 valence electrons. The second-order valence-electron chi connectivity index (χ2n) is 8.37. The number of ether oxygens (including phenoxy) is 2. The average molecular weight is 576 g/mol. The number of thioether (sulfide) groups is 1. The number of hydrogen-bond acceptors (Lipinski definition) is 11. The Bertz CT molecular complexity index is 1450. The standard InChI is InChI=1S/C26H29N3O8S2/c1-5-37-25(31)22-21(17-11-10-12-18(15-17)29(32)33)20(24(30)36-4)16(3)28-23(22)26(27,38-6-2)39(34,35)19-13-8-7-9-14-19/h7-15,21,28H,5-6,27H2,1-4H3. The predicted octanol–water partition coefficient (Wildman–Crippen LogP) is 3.39. The van der Waals surface area contributed by atoms with Crippen LogP contribution in [0.15, 0.2) is 82.0 Å². The van der Waals surface area contributed by atoms with Gasteiger partial charge in [0.15, 0.2) is 0 Å². The minimum Gasteiger partial charge on any atom is -0.466 e. The van der Waals surface area contributed by atoms with E-state index in [2.05, 4.69) is 5.32 Å². The van der Waals surface area contributed by atoms with Crippen molar-refractivity contribution < 1.29 is 32.4 Å². The first kappa shape index (κ1) is 29.9. The highest BCUT2D eigenvalue weighted by Crippen LogP contribution is 2.46. The van der Waals surface area contributed by atoms with Crippen molar-refractivity contribution in [2.75, 3.05) is 19.5 Å². The molecule has 0 fully saturated rings. The number of sulfone groups is 1. The molecule has 39 heavy (non-hydrogen) atoms. The van der Waals surface area contributed by atoms with Gasteiger partial charge in [-0.3, -0.25) is 15.8 Å². The summed E-state index contributed by atoms with van der Waals surface area (Å²) < 4.78 is 36.2. The summed E-state index contributed by atoms with van der Waals surface area (Å²) >= 11 is 0.864. The fourth-order valence-corrected chi connectivity index (χ4v) is 7.63. The van der Waals surface area contributed by atoms with E-state index in [1.807, 2.05) is 0 Å². The second kappa shape index (κ2) is 12.0. The summed E-state index contributed by atoms with van der Waals surface area (Å²) in [6, 6.07) is 12.9. The summed E-state index contributed by atoms with van der Waals surface area (Å²) in [5.74, 6) is -2.83. The normalized spacial score (nSPS) is 17.2. The molecule has 1 aliphatic heterocycles. The van der Waals surface area contributed by atoms with Gasteiger partial charge in [0.1, 0.15) is 0 Å². The number of nitro benzene ring substituents is 1. The quantitative estimate of drug-likeness (QED) is 0.184. The van der Waals surface area contributed by atoms with Gasteiger partial charge in [-0.05, 0) is 37.3 Å². The first-order valence-corrected chi connectivity index (χ1v) is 14.4. The molecule has 0 radical (unpaired) electrons. The topological polar surface area (TPSA) is 168 Å². The first-order valence-electron chi connectivity index (χ1n) is 11.9. The number of benzene rings is 2. The van der Waals surface area contributed by atoms with Crippen molar-refractivity contribution in [3.63, 3.8) is 0 Å². The molecule has 0 aromatic heterocycles. The van der Waals surface area contributed by atoms with Crippen molar-refractivity contribution in [2.45, 2.75) is 35.8 Å². The Morgan fingerprint density at radius 3 is 2.33 bits per heavy atom. The van der Waals surface area contributed by atoms with Crippen LogP contribution in [0, 0.1) is 10.1 Å². The summed E-state index contributed by atoms with van der Waals surface area (Å²) in [5.41, 5.74) is 6.26. The molecule has 1 heterocycles. The Labute approximate surface area is 230 Å². The zero-order valence-corrected chi connectivity index (χ0v) is 23.4. The monoisotopic (exact) mass is 575 g/mol. The maximum absolute atomic E-state index is 14.1. The molecule has 0 aliphatic carbocycles. The first-order chi connectivity index (χ1) is 18.4. The number of nitro groups is 1. The molecule has 2 aromatic carbocycles. The molecule has 0 spiro atoms. The van der Waals surface area contributed by atoms with E-state index in [4.69, 9.17) is 15.2 Å². The summed E-state index contributed by atoms with van der Waals surface area (Å²) in [7, 11) is -3.22. The highest BCUT2D eigenvalue weighted by Gasteiger charge is 2.51. The number of rotatable bonds is 10. The molecule has 0 saturated heterocycles. The second-order valence-corrected chi connectivity index (χ2v) is 12.3. The van der Waals surface area contributed by atoms with Gasteiger partial charge in [-0.1, -0.05) is 37.3 Å². The molecule has 2 unspecified atom stereocenters. The van der Waals surface area contributed by atoms with E-state index in [0.29, 0.717) is 0 Å². The number of allylic oxidation sites excluding steroid dienone is 1. The van der Waals surface area contributed by atoms with Gasteiger partial charge >= 0.3 is 11.9 Å². The van der Waals surface area contributed by atoms with E-state index >= 15 is 0 Å². The van der Waals surface area contributed by atoms with E-state index in [0.717, 1.165) is 18.9 Å². The van der Waals surface area contributed by atoms with Crippen LogP contribution in [-0.2, 0) is 28.9 Å². The van der Waals surface area contributed by atoms with Gasteiger partial charge in [-0.25, -0.2) is 18.0 Å². The van der Waals surface area contributed by atoms with Crippen molar-refractivity contribution in [1.82, 2.24) is 5.32 Å². The SMILES string of the molecule is CCOC(=O)C1=C(C(N)(SCC)S(=O)(=O)c2ccccc2)NC(C)=C(C(=O)OC)C1c1cccc([N+](=O)[O-])c1. The largest absolute Gasteiger partial charge is 0.466 e. The lowest BCUT2D eigenvalue weighted by molar-refractivity contribution is -0.384. The fourth-order valence-electron chi connectivity index (χ4n) is 4.34. The Balaban J connectivity index is 2.47. The summed E-state index contributed by atoms with van der Waals surface area (Å²) in [6.07, 6.45) is 0. The number of nitrogens with one attached hydrogen (secondary N) is 1. The molecule has 2 aromatic rings. The third kappa shape index (κ3) is 5.56. The number of non-ortho nitro benzene ring substituents is 1. The van der Waals surface area contributed by atoms with Crippen molar-refractivity contribution in [3.05, 3.63) is 92.8 Å². The van der Waals surface area contributed by atoms with Crippen LogP contribution >= 0.6 is 11.8 Å². The van der Waals surface area contributed by atoms with Gasteiger partial charge in [-0.15, -0.1) is 11.8 Å². The molecular formula is C26H29N3O8S2. The molecule has 0 bridgehead atoms. The Kier molecular flexibility index (Phi) is 9.20. The zero-order chi connectivity index (χ0) is 29.0. The maximum atomic E-state index is 14.1. The zero-order valence-electron chi connectivity index (χ0n) is 21.8. The van der Waals surface area contributed by atoms with Gasteiger partial charge in [0.2, 0.25) is 14.0 Å². The van der Waals surface area contributed by atoms with E-state index in [1.54, 1.807) is 32.0 Å². The van der Waals surface area contributed by atoms with Gasteiger partial charge < -0.3 is 14.8 Å². The van der Waals surface area contributed by atoms with Crippen LogP contribution in [0.3, 0.4) is 0 Å². The van der Waals surface area contributed by atoms with Crippen LogP contribution in [0.4, 0.5) is 5.69 Å². The number of carbonyl (C=O) groups excluding carboxylic acids is 2. The fraction of sp³-hybridized carbons (Fsp3) is 0.308. The van der Waals surface area contributed by atoms with Gasteiger partial charge in [0.25, 0.3) is 5.69 Å². The number of dihydropyridines is 1. The third-order valence-electron chi connectivity index (χ3n) is 6.04. The van der Waals surface area contributed by atoms with Crippen LogP contribution < -0.4 is 11.1 Å². The number of nitrogens with two attached hydrogens (primary N) is 1. The van der Waals surface area contributed by atoms with Crippen LogP contribution in [0.2, 0.25) is 0 Å². The molecule has 0 saturated carbocycles. The summed E-state index contributed by atoms with van der Waals surface area (Å²) in [4.78, 5) is 37.5. The Morgan fingerprint density at radius 2 is 1.77 bits per heavy atom. The minimum absolute atomic E-state index is 0.0502. The highest BCUT2D eigenvalue weighted by atomic mass is 32.3. The van der Waals surface area contributed by atoms with E-state index in [-0.39, 0.29) is 51.0 Å². The predicted molar refractivity (Wildman–Crippen MR) is 146 cm³/mol. The van der Waals surface area contributed by atoms with E-state index < -0.39 is 36.8 Å². The third-order valence-corrected chi connectivity index (χ3v) is 9.87. The van der Waals surface area contributed by atoms with Gasteiger partial charge in [0.05, 0.1) is 46.3 Å². The summed E-state index contributed by atoms with van der Waals surface area (Å²) in [6.45, 7) is 4.71. The molecule has 2 atom stereocenters. The molecular weight excluding hydrogens is 546 g/mol. The molecule has 1 aliphatic rings. The smallest absolute Gasteiger partial charge is 0.336 e. The minimum atomic E-state index is -4.37. The van der Waals surface area contributed by atoms with Crippen molar-refractivity contribution in [1.29, 1.82) is 0 Å². The van der Waals surface area contributed by atoms with Gasteiger partial charge in [0, 0.05) is 17.8 Å². The van der Waals surface area contributed by atoms with E-state index in [9.17, 15) is 28.1 Å². The lowest BCUT2D eigenvalue weighted by Gasteiger charge is -2.38. The van der Waals surface area contributed by atoms with Crippen LogP contribution in [0.1, 0.15) is 32.3 Å². The van der Waals surface area contributed by atoms with Crippen LogP contribution in [0.25, 0.3) is 0 Å². The highest BCUT2D eigenvalue weighted by molar-refractivity contribution is 8.14. The van der Waals surface area contributed by atoms with E-state index in [1.165, 1.54) is 43.3 Å². The lowest BCUT2D eigenvalue weighted by atomic mass is 9.80. The van der Waals surface area contributed by atoms with Crippen molar-refractivity contribution in [2.24, 2.45) is 5.73 Å². The Morgan fingerprint density at radius 1 is 1.10 bits per heavy atom. The van der Waals surface area contributed by atoms with Gasteiger partial charge in [-0.2, -0.15) is 0 Å². The maximum Gasteiger partial charge on any atom is 0.336 e. The molecule has 13 heteroatoms. The number of esters is 2.